The van der Waals surface area contributed by atoms with Crippen molar-refractivity contribution in [2.24, 2.45) is 11.7 Å². The second kappa shape index (κ2) is 7.92. The van der Waals surface area contributed by atoms with Gasteiger partial charge in [-0.2, -0.15) is 0 Å². The lowest BCUT2D eigenvalue weighted by Gasteiger charge is -2.31. The van der Waals surface area contributed by atoms with E-state index in [1.807, 2.05) is 0 Å². The number of carbonyl (C=O) groups excluding carboxylic acids is 3. The molecule has 2 amide bonds. The van der Waals surface area contributed by atoms with Crippen molar-refractivity contribution in [3.8, 4) is 0 Å². The normalized spacial score (nSPS) is 15.0. The van der Waals surface area contributed by atoms with Crippen molar-refractivity contribution in [3.05, 3.63) is 27.2 Å². The van der Waals surface area contributed by atoms with E-state index in [-0.39, 0.29) is 11.7 Å². The van der Waals surface area contributed by atoms with Gasteiger partial charge in [0.05, 0.1) is 6.20 Å². The van der Waals surface area contributed by atoms with Crippen molar-refractivity contribution in [2.75, 3.05) is 24.5 Å². The first kappa shape index (κ1) is 18.5. The number of aromatic nitrogens is 2. The molecule has 1 fully saturated rings. The van der Waals surface area contributed by atoms with Crippen molar-refractivity contribution < 1.29 is 14.4 Å². The Balaban J connectivity index is 1.46. The number of anilines is 1. The van der Waals surface area contributed by atoms with Crippen LogP contribution >= 0.6 is 22.7 Å². The number of amides is 2. The Labute approximate surface area is 158 Å². The third kappa shape index (κ3) is 4.25. The lowest BCUT2D eigenvalue weighted by atomic mass is 9.97. The molecule has 2 aromatic rings. The van der Waals surface area contributed by atoms with Crippen LogP contribution in [0.1, 0.15) is 49.7 Å². The quantitative estimate of drug-likeness (QED) is 0.719. The highest BCUT2D eigenvalue weighted by Gasteiger charge is 2.23. The van der Waals surface area contributed by atoms with Gasteiger partial charge in [-0.1, -0.05) is 0 Å². The average Bonchev–Trinajstić information content (AvgIpc) is 3.29. The maximum Gasteiger partial charge on any atom is 0.268 e. The maximum absolute atomic E-state index is 12.2. The Morgan fingerprint density at radius 1 is 1.35 bits per heavy atom. The van der Waals surface area contributed by atoms with Crippen LogP contribution in [0, 0.1) is 5.92 Å². The summed E-state index contributed by atoms with van der Waals surface area (Å²) in [6, 6.07) is 0. The van der Waals surface area contributed by atoms with E-state index in [1.54, 1.807) is 5.38 Å². The number of carbonyl (C=O) groups is 3. The predicted molar refractivity (Wildman–Crippen MR) is 100 cm³/mol. The lowest BCUT2D eigenvalue weighted by molar-refractivity contribution is 0.0947. The van der Waals surface area contributed by atoms with Crippen LogP contribution in [-0.2, 0) is 0 Å². The summed E-state index contributed by atoms with van der Waals surface area (Å²) >= 11 is 2.53. The fraction of sp³-hybridized carbons (Fsp3) is 0.438. The molecule has 10 heteroatoms. The van der Waals surface area contributed by atoms with Gasteiger partial charge in [0.1, 0.15) is 10.6 Å². The van der Waals surface area contributed by atoms with Gasteiger partial charge < -0.3 is 16.0 Å². The molecule has 0 saturated carbocycles. The van der Waals surface area contributed by atoms with E-state index in [1.165, 1.54) is 24.5 Å². The van der Waals surface area contributed by atoms with Crippen molar-refractivity contribution in [3.63, 3.8) is 0 Å². The van der Waals surface area contributed by atoms with Crippen molar-refractivity contribution >= 4 is 45.4 Å². The number of nitrogens with zero attached hydrogens (tertiary/aromatic N) is 3. The summed E-state index contributed by atoms with van der Waals surface area (Å²) in [5.41, 5.74) is 5.54. The molecule has 26 heavy (non-hydrogen) atoms. The van der Waals surface area contributed by atoms with E-state index < -0.39 is 5.91 Å². The first-order valence-electron chi connectivity index (χ1n) is 8.19. The summed E-state index contributed by atoms with van der Waals surface area (Å²) in [6.45, 7) is 3.66. The number of Topliss-reactive ketones (excluding diaryl/α,β-unsaturated/α-hetero) is 1. The molecule has 8 nitrogen and oxygen atoms in total. The minimum absolute atomic E-state index is 0.136. The highest BCUT2D eigenvalue weighted by molar-refractivity contribution is 7.15. The van der Waals surface area contributed by atoms with Crippen LogP contribution in [0.5, 0.6) is 0 Å². The Bertz CT molecular complexity index is 823. The van der Waals surface area contributed by atoms with Crippen molar-refractivity contribution in [2.45, 2.75) is 19.8 Å². The Hall–Kier alpha value is -2.33. The number of thiazole rings is 2. The van der Waals surface area contributed by atoms with E-state index >= 15 is 0 Å². The van der Waals surface area contributed by atoms with Crippen molar-refractivity contribution in [1.29, 1.82) is 0 Å². The molecule has 0 radical (unpaired) electrons. The van der Waals surface area contributed by atoms with Gasteiger partial charge in [-0.3, -0.25) is 14.4 Å². The number of ketones is 1. The number of hydrogen-bond donors (Lipinski definition) is 2. The zero-order valence-corrected chi connectivity index (χ0v) is 15.9. The summed E-state index contributed by atoms with van der Waals surface area (Å²) in [7, 11) is 0. The third-order valence-electron chi connectivity index (χ3n) is 4.21. The molecule has 0 spiro atoms. The molecule has 0 unspecified atom stereocenters. The maximum atomic E-state index is 12.2. The molecule has 0 aliphatic carbocycles. The smallest absolute Gasteiger partial charge is 0.268 e. The minimum Gasteiger partial charge on any atom is -0.364 e. The first-order chi connectivity index (χ1) is 12.4. The van der Waals surface area contributed by atoms with Gasteiger partial charge >= 0.3 is 0 Å². The highest BCUT2D eigenvalue weighted by Crippen LogP contribution is 2.26. The lowest BCUT2D eigenvalue weighted by Crippen LogP contribution is -2.38. The van der Waals surface area contributed by atoms with E-state index in [2.05, 4.69) is 20.2 Å². The first-order valence-corrected chi connectivity index (χ1v) is 9.89. The van der Waals surface area contributed by atoms with E-state index in [0.717, 1.165) is 42.4 Å². The van der Waals surface area contributed by atoms with Crippen LogP contribution in [0.2, 0.25) is 0 Å². The van der Waals surface area contributed by atoms with Gasteiger partial charge in [0, 0.05) is 31.9 Å². The summed E-state index contributed by atoms with van der Waals surface area (Å²) in [4.78, 5) is 45.4. The van der Waals surface area contributed by atoms with E-state index in [4.69, 9.17) is 5.73 Å². The molecule has 0 atom stereocenters. The second-order valence-corrected chi connectivity index (χ2v) is 7.97. The molecule has 1 aliphatic rings. The molecular formula is C16H19N5O3S2. The number of nitrogens with two attached hydrogens (primary N) is 1. The topological polar surface area (TPSA) is 118 Å². The predicted octanol–water partition coefficient (Wildman–Crippen LogP) is 1.55. The third-order valence-corrected chi connectivity index (χ3v) is 6.21. The van der Waals surface area contributed by atoms with Gasteiger partial charge in [0.25, 0.3) is 11.8 Å². The molecule has 3 rings (SSSR count). The number of hydrogen-bond acceptors (Lipinski definition) is 8. The number of piperidine rings is 1. The zero-order chi connectivity index (χ0) is 18.7. The molecule has 3 heterocycles. The van der Waals surface area contributed by atoms with E-state index in [9.17, 15) is 14.4 Å². The van der Waals surface area contributed by atoms with Crippen LogP contribution in [0.4, 0.5) is 5.13 Å². The zero-order valence-electron chi connectivity index (χ0n) is 14.2. The molecule has 1 saturated heterocycles. The molecule has 3 N–H and O–H groups in total. The summed E-state index contributed by atoms with van der Waals surface area (Å²) in [5, 5.41) is 5.75. The second-order valence-electron chi connectivity index (χ2n) is 6.11. The van der Waals surface area contributed by atoms with Gasteiger partial charge in [0.15, 0.2) is 15.9 Å². The van der Waals surface area contributed by atoms with Gasteiger partial charge in [-0.25, -0.2) is 9.97 Å². The molecule has 1 aliphatic heterocycles. The fourth-order valence-corrected chi connectivity index (χ4v) is 4.31. The number of rotatable bonds is 6. The summed E-state index contributed by atoms with van der Waals surface area (Å²) < 4.78 is 0. The molecule has 0 aromatic carbocycles. The van der Waals surface area contributed by atoms with Gasteiger partial charge in [-0.05, 0) is 18.8 Å². The molecular weight excluding hydrogens is 374 g/mol. The van der Waals surface area contributed by atoms with E-state index in [0.29, 0.717) is 28.0 Å². The molecule has 138 valence electrons. The van der Waals surface area contributed by atoms with Crippen LogP contribution in [0.25, 0.3) is 0 Å². The molecule has 0 bridgehead atoms. The Kier molecular flexibility index (Phi) is 5.62. The van der Waals surface area contributed by atoms with Gasteiger partial charge in [-0.15, -0.1) is 22.7 Å². The monoisotopic (exact) mass is 393 g/mol. The van der Waals surface area contributed by atoms with Gasteiger partial charge in [0.2, 0.25) is 0 Å². The minimum atomic E-state index is -0.513. The number of nitrogens with one attached hydrogen (secondary N) is 1. The largest absolute Gasteiger partial charge is 0.364 e. The Morgan fingerprint density at radius 3 is 2.65 bits per heavy atom. The number of primary amides is 1. The van der Waals surface area contributed by atoms with Crippen LogP contribution in [0.15, 0.2) is 11.6 Å². The van der Waals surface area contributed by atoms with Crippen LogP contribution in [0.3, 0.4) is 0 Å². The summed E-state index contributed by atoms with van der Waals surface area (Å²) in [5.74, 6) is -0.460. The Morgan fingerprint density at radius 2 is 2.08 bits per heavy atom. The van der Waals surface area contributed by atoms with Crippen LogP contribution < -0.4 is 16.0 Å². The standard InChI is InChI=1S/C16H19N5O3S2/c1-9(22)15-19-7-12(26-15)14(24)18-6-10-2-4-21(5-3-10)16-20-11(8-25-16)13(17)23/h7-8,10H,2-6H2,1H3,(H2,17,23)(H,18,24). The van der Waals surface area contributed by atoms with Crippen molar-refractivity contribution in [1.82, 2.24) is 15.3 Å². The average molecular weight is 393 g/mol. The van der Waals surface area contributed by atoms with Crippen LogP contribution in [-0.4, -0.2) is 47.2 Å². The highest BCUT2D eigenvalue weighted by atomic mass is 32.1. The molecule has 2 aromatic heterocycles. The SMILES string of the molecule is CC(=O)c1ncc(C(=O)NCC2CCN(c3nc(C(N)=O)cs3)CC2)s1. The summed E-state index contributed by atoms with van der Waals surface area (Å²) in [6.07, 6.45) is 3.29. The fourth-order valence-electron chi connectivity index (χ4n) is 2.72.